The van der Waals surface area contributed by atoms with Crippen LogP contribution in [0.2, 0.25) is 5.02 Å². The number of hydrogen-bond acceptors (Lipinski definition) is 6. The van der Waals surface area contributed by atoms with Crippen molar-refractivity contribution in [1.82, 2.24) is 15.1 Å². The number of pyridine rings is 1. The Labute approximate surface area is 202 Å². The third-order valence-electron chi connectivity index (χ3n) is 5.49. The maximum Gasteiger partial charge on any atom is 0.303 e. The second kappa shape index (κ2) is 10.6. The molecule has 2 aromatic carbocycles. The molecule has 0 aliphatic carbocycles. The van der Waals surface area contributed by atoms with Crippen LogP contribution in [-0.2, 0) is 22.6 Å². The first-order valence-corrected chi connectivity index (χ1v) is 11.2. The molecule has 2 aromatic heterocycles. The average Bonchev–Trinajstić information content (AvgIpc) is 3.31. The molecule has 0 radical (unpaired) electrons. The number of hydrogen-bond donors (Lipinski definition) is 1. The molecule has 0 atom stereocenters. The van der Waals surface area contributed by atoms with Gasteiger partial charge in [-0.3, -0.25) is 9.78 Å². The number of aliphatic carboxylic acids is 1. The number of nitrogens with zero attached hydrogens (tertiary/aromatic N) is 3. The summed E-state index contributed by atoms with van der Waals surface area (Å²) in [6.45, 7) is 2.53. The highest BCUT2D eigenvalue weighted by molar-refractivity contribution is 6.31. The number of benzene rings is 2. The van der Waals surface area contributed by atoms with Crippen molar-refractivity contribution in [2.75, 3.05) is 7.11 Å². The maximum atomic E-state index is 10.7. The number of carbonyl (C=O) groups is 1. The minimum Gasteiger partial charge on any atom is -0.481 e. The fourth-order valence-corrected chi connectivity index (χ4v) is 4.04. The van der Waals surface area contributed by atoms with Crippen LogP contribution in [-0.4, -0.2) is 33.3 Å². The lowest BCUT2D eigenvalue weighted by Crippen LogP contribution is -1.98. The van der Waals surface area contributed by atoms with Crippen LogP contribution in [0.25, 0.3) is 34.0 Å². The van der Waals surface area contributed by atoms with Crippen LogP contribution in [0.3, 0.4) is 0 Å². The van der Waals surface area contributed by atoms with Gasteiger partial charge in [-0.2, -0.15) is 4.98 Å². The molecule has 0 bridgehead atoms. The van der Waals surface area contributed by atoms with Gasteiger partial charge in [-0.05, 0) is 60.2 Å². The van der Waals surface area contributed by atoms with E-state index in [4.69, 9.17) is 26.0 Å². The van der Waals surface area contributed by atoms with E-state index in [9.17, 15) is 4.79 Å². The molecule has 34 heavy (non-hydrogen) atoms. The lowest BCUT2D eigenvalue weighted by molar-refractivity contribution is -0.137. The van der Waals surface area contributed by atoms with Gasteiger partial charge in [0.25, 0.3) is 5.89 Å². The van der Waals surface area contributed by atoms with E-state index in [0.29, 0.717) is 47.4 Å². The van der Waals surface area contributed by atoms with Crippen LogP contribution in [0.5, 0.6) is 0 Å². The number of aromatic nitrogens is 3. The zero-order valence-corrected chi connectivity index (χ0v) is 19.7. The highest BCUT2D eigenvalue weighted by atomic mass is 35.5. The molecule has 0 unspecified atom stereocenters. The van der Waals surface area contributed by atoms with E-state index < -0.39 is 5.97 Å². The summed E-state index contributed by atoms with van der Waals surface area (Å²) in [5.41, 5.74) is 6.50. The summed E-state index contributed by atoms with van der Waals surface area (Å²) in [5, 5.41) is 13.3. The smallest absolute Gasteiger partial charge is 0.303 e. The fraction of sp³-hybridized carbons (Fsp3) is 0.231. The highest BCUT2D eigenvalue weighted by Gasteiger charge is 2.16. The van der Waals surface area contributed by atoms with E-state index in [-0.39, 0.29) is 6.42 Å². The topological polar surface area (TPSA) is 98.3 Å². The minimum atomic E-state index is -0.840. The first-order chi connectivity index (χ1) is 16.5. The normalized spacial score (nSPS) is 11.0. The number of methoxy groups -OCH3 is 1. The zero-order chi connectivity index (χ0) is 24.1. The van der Waals surface area contributed by atoms with Crippen molar-refractivity contribution in [3.8, 4) is 34.0 Å². The predicted octanol–water partition coefficient (Wildman–Crippen LogP) is 5.98. The largest absolute Gasteiger partial charge is 0.481 e. The van der Waals surface area contributed by atoms with Gasteiger partial charge in [0.1, 0.15) is 0 Å². The van der Waals surface area contributed by atoms with Crippen molar-refractivity contribution in [3.05, 3.63) is 76.6 Å². The molecule has 1 N–H and O–H groups in total. The molecule has 0 saturated carbocycles. The Balaban J connectivity index is 1.59. The summed E-state index contributed by atoms with van der Waals surface area (Å²) in [7, 11) is 1.67. The molecule has 2 heterocycles. The van der Waals surface area contributed by atoms with Gasteiger partial charge >= 0.3 is 5.97 Å². The third kappa shape index (κ3) is 5.32. The van der Waals surface area contributed by atoms with Gasteiger partial charge in [0.05, 0.1) is 17.3 Å². The molecule has 4 rings (SSSR count). The van der Waals surface area contributed by atoms with Crippen molar-refractivity contribution in [2.24, 2.45) is 0 Å². The molecule has 0 aliphatic rings. The van der Waals surface area contributed by atoms with E-state index in [1.807, 2.05) is 30.3 Å². The molecule has 4 aromatic rings. The van der Waals surface area contributed by atoms with Crippen LogP contribution in [0.1, 0.15) is 29.7 Å². The van der Waals surface area contributed by atoms with Crippen LogP contribution in [0.4, 0.5) is 0 Å². The molecule has 0 aliphatic heterocycles. The molecular weight excluding hydrogens is 454 g/mol. The van der Waals surface area contributed by atoms with E-state index in [2.05, 4.69) is 34.2 Å². The third-order valence-corrected chi connectivity index (χ3v) is 5.82. The van der Waals surface area contributed by atoms with E-state index in [1.165, 1.54) is 5.56 Å². The van der Waals surface area contributed by atoms with Crippen LogP contribution in [0, 0.1) is 6.92 Å². The summed E-state index contributed by atoms with van der Waals surface area (Å²) in [5.74, 6) is -0.0873. The van der Waals surface area contributed by atoms with Gasteiger partial charge < -0.3 is 14.4 Å². The number of carboxylic acids is 1. The van der Waals surface area contributed by atoms with Gasteiger partial charge in [0.15, 0.2) is 0 Å². The fourth-order valence-electron chi connectivity index (χ4n) is 3.78. The van der Waals surface area contributed by atoms with Crippen molar-refractivity contribution in [2.45, 2.75) is 32.8 Å². The molecular formula is C26H24ClN3O4. The monoisotopic (exact) mass is 477 g/mol. The van der Waals surface area contributed by atoms with Crippen molar-refractivity contribution < 1.29 is 19.2 Å². The molecule has 0 spiro atoms. The number of carboxylic acid groups (broad SMARTS) is 1. The Morgan fingerprint density at radius 3 is 2.68 bits per heavy atom. The maximum absolute atomic E-state index is 10.7. The number of rotatable bonds is 9. The average molecular weight is 478 g/mol. The van der Waals surface area contributed by atoms with Crippen molar-refractivity contribution in [1.29, 1.82) is 0 Å². The Kier molecular flexibility index (Phi) is 7.35. The Bertz CT molecular complexity index is 1320. The first kappa shape index (κ1) is 23.6. The first-order valence-electron chi connectivity index (χ1n) is 10.8. The van der Waals surface area contributed by atoms with Gasteiger partial charge in [0.2, 0.25) is 5.82 Å². The lowest BCUT2D eigenvalue weighted by Gasteiger charge is -2.12. The molecule has 174 valence electrons. The second-order valence-corrected chi connectivity index (χ2v) is 8.35. The number of halogens is 1. The van der Waals surface area contributed by atoms with Crippen molar-refractivity contribution >= 4 is 17.6 Å². The predicted molar refractivity (Wildman–Crippen MR) is 129 cm³/mol. The molecule has 0 saturated heterocycles. The molecule has 7 nitrogen and oxygen atoms in total. The summed E-state index contributed by atoms with van der Waals surface area (Å²) >= 11 is 6.35. The summed E-state index contributed by atoms with van der Waals surface area (Å²) in [6, 6.07) is 15.9. The van der Waals surface area contributed by atoms with E-state index in [1.54, 1.807) is 19.4 Å². The van der Waals surface area contributed by atoms with Gasteiger partial charge in [-0.15, -0.1) is 0 Å². The van der Waals surface area contributed by atoms with Crippen LogP contribution < -0.4 is 0 Å². The Hall–Kier alpha value is -3.55. The van der Waals surface area contributed by atoms with Crippen LogP contribution in [0.15, 0.2) is 59.3 Å². The minimum absolute atomic E-state index is 0.0711. The van der Waals surface area contributed by atoms with Crippen molar-refractivity contribution in [3.63, 3.8) is 0 Å². The summed E-state index contributed by atoms with van der Waals surface area (Å²) in [6.07, 6.45) is 2.64. The summed E-state index contributed by atoms with van der Waals surface area (Å²) in [4.78, 5) is 19.6. The van der Waals surface area contributed by atoms with Gasteiger partial charge in [-0.25, -0.2) is 0 Å². The number of ether oxygens (including phenoxy) is 1. The number of aryl methyl sites for hydroxylation is 2. The Morgan fingerprint density at radius 2 is 1.94 bits per heavy atom. The van der Waals surface area contributed by atoms with Gasteiger partial charge in [0, 0.05) is 30.9 Å². The van der Waals surface area contributed by atoms with E-state index >= 15 is 0 Å². The SMILES string of the molecule is COCc1cc(-c2nc(-c3cnc(CCCC(=O)O)c(Cl)c3)no2)ccc1-c1ccccc1C. The lowest BCUT2D eigenvalue weighted by atomic mass is 9.94. The quantitative estimate of drug-likeness (QED) is 0.316. The standard InChI is InChI=1S/C26H24ClN3O4/c1-16-6-3-4-7-20(16)21-11-10-17(12-19(21)15-33-2)26-29-25(30-34-26)18-13-22(27)23(28-14-18)8-5-9-24(31)32/h3-4,6-7,10-14H,5,8-9,15H2,1-2H3,(H,31,32). The molecule has 0 fully saturated rings. The zero-order valence-electron chi connectivity index (χ0n) is 18.9. The van der Waals surface area contributed by atoms with E-state index in [0.717, 1.165) is 22.3 Å². The second-order valence-electron chi connectivity index (χ2n) is 7.94. The Morgan fingerprint density at radius 1 is 1.12 bits per heavy atom. The highest BCUT2D eigenvalue weighted by Crippen LogP contribution is 2.32. The molecule has 0 amide bonds. The van der Waals surface area contributed by atoms with Crippen LogP contribution >= 0.6 is 11.6 Å². The molecule has 8 heteroatoms. The van der Waals surface area contributed by atoms with Gasteiger partial charge in [-0.1, -0.05) is 47.1 Å². The summed E-state index contributed by atoms with van der Waals surface area (Å²) < 4.78 is 11.0.